The first-order valence-corrected chi connectivity index (χ1v) is 1.78. The van der Waals surface area contributed by atoms with Gasteiger partial charge in [0.15, 0.2) is 6.07 Å². The molecule has 0 aliphatic rings. The molecule has 0 radical (unpaired) electrons. The van der Waals surface area contributed by atoms with Crippen molar-refractivity contribution in [1.29, 1.82) is 5.26 Å². The summed E-state index contributed by atoms with van der Waals surface area (Å²) in [7, 11) is 0. The Kier molecular flexibility index (Phi) is 3.41. The summed E-state index contributed by atoms with van der Waals surface area (Å²) in [4.78, 5) is 0. The Morgan fingerprint density at radius 1 is 1.67 bits per heavy atom. The minimum absolute atomic E-state index is 0.771. The molecule has 0 saturated carbocycles. The lowest BCUT2D eigenvalue weighted by Gasteiger charge is -1.56. The number of hydrogen-bond acceptors (Lipinski definition) is 1. The normalized spacial score (nSPS) is 4.67. The van der Waals surface area contributed by atoms with Gasteiger partial charge in [0.05, 0.1) is 0 Å². The fourth-order valence-electron chi connectivity index (χ4n) is 0.128. The maximum absolute atomic E-state index is 7.77. The first-order valence-electron chi connectivity index (χ1n) is 1.78. The fourth-order valence-corrected chi connectivity index (χ4v) is 0.128. The molecule has 0 heterocycles. The highest BCUT2D eigenvalue weighted by Crippen LogP contribution is 1.62. The van der Waals surface area contributed by atoms with Crippen LogP contribution in [0, 0.1) is 23.2 Å². The van der Waals surface area contributed by atoms with E-state index in [1.54, 1.807) is 6.07 Å². The van der Waals surface area contributed by atoms with Crippen molar-refractivity contribution in [3.8, 4) is 17.9 Å². The molecule has 0 aromatic rings. The highest BCUT2D eigenvalue weighted by molar-refractivity contribution is 5.15. The van der Waals surface area contributed by atoms with Crippen molar-refractivity contribution in [1.82, 2.24) is 0 Å². The van der Waals surface area contributed by atoms with Gasteiger partial charge in [-0.25, -0.2) is 0 Å². The van der Waals surface area contributed by atoms with Gasteiger partial charge < -0.3 is 0 Å². The zero-order valence-electron chi connectivity index (χ0n) is 3.65. The lowest BCUT2D eigenvalue weighted by Crippen LogP contribution is -1.48. The molecule has 0 unspecified atom stereocenters. The van der Waals surface area contributed by atoms with Crippen LogP contribution in [0.3, 0.4) is 0 Å². The maximum Gasteiger partial charge on any atom is 0.152 e. The van der Waals surface area contributed by atoms with Crippen LogP contribution < -0.4 is 0 Å². The largest absolute Gasteiger partial charge is 0.183 e. The van der Waals surface area contributed by atoms with Crippen molar-refractivity contribution >= 4 is 0 Å². The van der Waals surface area contributed by atoms with Crippen LogP contribution in [0.25, 0.3) is 0 Å². The quantitative estimate of drug-likeness (QED) is 0.396. The van der Waals surface area contributed by atoms with E-state index in [0.29, 0.717) is 0 Å². The highest BCUT2D eigenvalue weighted by Gasteiger charge is 1.53. The number of nitriles is 1. The predicted octanol–water partition coefficient (Wildman–Crippen LogP) is 0.923. The SMILES string of the molecule is CCC#CC#N. The third-order valence-electron chi connectivity index (χ3n) is 0.321. The van der Waals surface area contributed by atoms with Crippen molar-refractivity contribution < 1.29 is 0 Å². The van der Waals surface area contributed by atoms with E-state index in [-0.39, 0.29) is 0 Å². The van der Waals surface area contributed by atoms with Crippen LogP contribution in [0.15, 0.2) is 0 Å². The summed E-state index contributed by atoms with van der Waals surface area (Å²) in [6.45, 7) is 1.91. The van der Waals surface area contributed by atoms with Crippen molar-refractivity contribution in [2.24, 2.45) is 0 Å². The smallest absolute Gasteiger partial charge is 0.152 e. The van der Waals surface area contributed by atoms with Gasteiger partial charge in [-0.15, -0.1) is 0 Å². The number of nitrogens with zero attached hydrogens (tertiary/aromatic N) is 1. The second kappa shape index (κ2) is 4.05. The molecule has 0 N–H and O–H groups in total. The first kappa shape index (κ1) is 5.05. The molecule has 30 valence electrons. The van der Waals surface area contributed by atoms with Crippen LogP contribution in [-0.4, -0.2) is 0 Å². The van der Waals surface area contributed by atoms with Gasteiger partial charge >= 0.3 is 0 Å². The molecule has 0 aliphatic carbocycles. The molecule has 0 amide bonds. The third kappa shape index (κ3) is 3.05. The minimum Gasteiger partial charge on any atom is -0.183 e. The Labute approximate surface area is 37.6 Å². The van der Waals surface area contributed by atoms with Crippen LogP contribution in [0.2, 0.25) is 0 Å². The van der Waals surface area contributed by atoms with Crippen LogP contribution in [0.1, 0.15) is 13.3 Å². The summed E-state index contributed by atoms with van der Waals surface area (Å²) in [6, 6.07) is 1.71. The molecule has 0 spiro atoms. The molecule has 0 aliphatic heterocycles. The van der Waals surface area contributed by atoms with Crippen molar-refractivity contribution in [2.45, 2.75) is 13.3 Å². The summed E-state index contributed by atoms with van der Waals surface area (Å²) in [6.07, 6.45) is 0.771. The Balaban J connectivity index is 3.22. The van der Waals surface area contributed by atoms with Crippen molar-refractivity contribution in [3.63, 3.8) is 0 Å². The van der Waals surface area contributed by atoms with Crippen LogP contribution in [0.5, 0.6) is 0 Å². The Morgan fingerprint density at radius 2 is 2.33 bits per heavy atom. The van der Waals surface area contributed by atoms with E-state index < -0.39 is 0 Å². The molecule has 0 aromatic heterocycles. The molecular formula is C5H5N. The second-order valence-corrected chi connectivity index (χ2v) is 0.767. The molecule has 0 fully saturated rings. The average Bonchev–Trinajstić information content (AvgIpc) is 1.61. The molecule has 0 rings (SSSR count). The van der Waals surface area contributed by atoms with Gasteiger partial charge in [0, 0.05) is 12.3 Å². The fraction of sp³-hybridized carbons (Fsp3) is 0.400. The van der Waals surface area contributed by atoms with E-state index in [9.17, 15) is 0 Å². The van der Waals surface area contributed by atoms with Crippen LogP contribution in [0.4, 0.5) is 0 Å². The zero-order chi connectivity index (χ0) is 4.83. The highest BCUT2D eigenvalue weighted by atomic mass is 14.2. The van der Waals surface area contributed by atoms with Crippen molar-refractivity contribution in [3.05, 3.63) is 0 Å². The molecular weight excluding hydrogens is 74.1 g/mol. The molecule has 0 atom stereocenters. The summed E-state index contributed by atoms with van der Waals surface area (Å²) in [5.41, 5.74) is 0. The molecule has 6 heavy (non-hydrogen) atoms. The first-order chi connectivity index (χ1) is 2.91. The summed E-state index contributed by atoms with van der Waals surface area (Å²) in [5.74, 6) is 4.84. The molecule has 0 bridgehead atoms. The molecule has 0 saturated heterocycles. The molecule has 1 nitrogen and oxygen atoms in total. The standard InChI is InChI=1S/C5H5N/c1-2-3-4-5-6/h2H2,1H3. The van der Waals surface area contributed by atoms with Crippen molar-refractivity contribution in [2.75, 3.05) is 0 Å². The number of hydrogen-bond donors (Lipinski definition) is 0. The van der Waals surface area contributed by atoms with Crippen LogP contribution in [-0.2, 0) is 0 Å². The molecule has 1 heteroatoms. The van der Waals surface area contributed by atoms with E-state index in [0.717, 1.165) is 6.42 Å². The minimum atomic E-state index is 0.771. The second-order valence-electron chi connectivity index (χ2n) is 0.767. The van der Waals surface area contributed by atoms with Gasteiger partial charge in [0.25, 0.3) is 0 Å². The van der Waals surface area contributed by atoms with Gasteiger partial charge in [0.2, 0.25) is 0 Å². The zero-order valence-corrected chi connectivity index (χ0v) is 3.65. The lowest BCUT2D eigenvalue weighted by molar-refractivity contribution is 1.28. The van der Waals surface area contributed by atoms with E-state index >= 15 is 0 Å². The Hall–Kier alpha value is -0.950. The predicted molar refractivity (Wildman–Crippen MR) is 23.7 cm³/mol. The van der Waals surface area contributed by atoms with E-state index in [2.05, 4.69) is 11.8 Å². The topological polar surface area (TPSA) is 23.8 Å². The van der Waals surface area contributed by atoms with Gasteiger partial charge in [0.1, 0.15) is 0 Å². The monoisotopic (exact) mass is 79.0 g/mol. The van der Waals surface area contributed by atoms with E-state index in [1.807, 2.05) is 6.92 Å². The lowest BCUT2D eigenvalue weighted by atomic mass is 10.5. The van der Waals surface area contributed by atoms with Gasteiger partial charge in [-0.05, 0) is 0 Å². The Bertz CT molecular complexity index is 108. The summed E-state index contributed by atoms with van der Waals surface area (Å²) in [5, 5.41) is 7.77. The van der Waals surface area contributed by atoms with Gasteiger partial charge in [-0.2, -0.15) is 5.26 Å². The molecule has 0 aromatic carbocycles. The Morgan fingerprint density at radius 3 is 2.50 bits per heavy atom. The van der Waals surface area contributed by atoms with Crippen LogP contribution >= 0.6 is 0 Å². The van der Waals surface area contributed by atoms with E-state index in [1.165, 1.54) is 0 Å². The maximum atomic E-state index is 7.77. The summed E-state index contributed by atoms with van der Waals surface area (Å²) >= 11 is 0. The average molecular weight is 79.1 g/mol. The number of rotatable bonds is 0. The van der Waals surface area contributed by atoms with Gasteiger partial charge in [-0.1, -0.05) is 12.8 Å². The van der Waals surface area contributed by atoms with Gasteiger partial charge in [-0.3, -0.25) is 0 Å². The third-order valence-corrected chi connectivity index (χ3v) is 0.321. The van der Waals surface area contributed by atoms with E-state index in [4.69, 9.17) is 5.26 Å². The summed E-state index contributed by atoms with van der Waals surface area (Å²) < 4.78 is 0.